The summed E-state index contributed by atoms with van der Waals surface area (Å²) >= 11 is 24.6. The molecule has 0 bridgehead atoms. The van der Waals surface area contributed by atoms with Gasteiger partial charge in [-0.25, -0.2) is 28.1 Å². The summed E-state index contributed by atoms with van der Waals surface area (Å²) in [4.78, 5) is 102. The third kappa shape index (κ3) is 13.6. The summed E-state index contributed by atoms with van der Waals surface area (Å²) in [5, 5.41) is 10.3. The number of likely N-dealkylation sites (tertiary alicyclic amines) is 1. The molecule has 3 radical (unpaired) electrons. The molecule has 4 aromatic carbocycles. The molecule has 4 fully saturated rings. The van der Waals surface area contributed by atoms with Crippen molar-refractivity contribution in [2.24, 2.45) is 23.7 Å². The Morgan fingerprint density at radius 1 is 0.709 bits per heavy atom. The summed E-state index contributed by atoms with van der Waals surface area (Å²) in [6.07, 6.45) is 4.87. The fourth-order valence-corrected chi connectivity index (χ4v) is 12.3. The number of hydrogen-bond donors (Lipinski definition) is 3. The van der Waals surface area contributed by atoms with Gasteiger partial charge in [0, 0.05) is 114 Å². The Morgan fingerprint density at radius 3 is 1.67 bits per heavy atom. The molecule has 79 heavy (non-hydrogen) atoms. The van der Waals surface area contributed by atoms with Crippen molar-refractivity contribution in [2.45, 2.75) is 122 Å². The van der Waals surface area contributed by atoms with Gasteiger partial charge in [-0.3, -0.25) is 34.2 Å². The fourth-order valence-electron chi connectivity index (χ4n) is 11.6. The molecule has 15 nitrogen and oxygen atoms in total. The number of anilines is 2. The number of nitrogens with one attached hydrogen (secondary N) is 3. The molecular formula is C56H59BCl4F2N4NaO11. The number of carbonyl (C=O) groups excluding carboxylic acids is 8. The smallest absolute Gasteiger partial charge is 0.793 e. The van der Waals surface area contributed by atoms with Gasteiger partial charge < -0.3 is 28.1 Å². The van der Waals surface area contributed by atoms with E-state index in [1.807, 2.05) is 19.9 Å². The number of carbonyl (C=O) groups is 8. The normalized spacial score (nSPS) is 24.7. The molecule has 8 atom stereocenters. The Morgan fingerprint density at radius 2 is 1.18 bits per heavy atom. The zero-order valence-electron chi connectivity index (χ0n) is 44.9. The van der Waals surface area contributed by atoms with E-state index in [1.54, 1.807) is 54.6 Å². The second kappa shape index (κ2) is 27.8. The zero-order chi connectivity index (χ0) is 57.6. The Hall–Kier alpha value is -4.76. The number of ketones is 2. The average Bonchev–Trinajstić information content (AvgIpc) is 4.20. The number of rotatable bonds is 5. The molecule has 4 heterocycles. The van der Waals surface area contributed by atoms with E-state index in [0.717, 1.165) is 51.4 Å². The van der Waals surface area contributed by atoms with Crippen molar-refractivity contribution in [1.82, 2.24) is 10.2 Å². The van der Waals surface area contributed by atoms with Crippen molar-refractivity contribution in [3.8, 4) is 0 Å². The van der Waals surface area contributed by atoms with Gasteiger partial charge in [0.1, 0.15) is 40.6 Å². The van der Waals surface area contributed by atoms with E-state index in [1.165, 1.54) is 19.1 Å². The largest absolute Gasteiger partial charge is 1.00 e. The van der Waals surface area contributed by atoms with Crippen LogP contribution in [0.15, 0.2) is 72.8 Å². The van der Waals surface area contributed by atoms with E-state index in [9.17, 15) is 38.4 Å². The summed E-state index contributed by atoms with van der Waals surface area (Å²) in [5.74, 6) is -5.16. The van der Waals surface area contributed by atoms with E-state index in [-0.39, 0.29) is 86.9 Å². The quantitative estimate of drug-likeness (QED) is 0.0761. The van der Waals surface area contributed by atoms with Crippen molar-refractivity contribution >= 4 is 113 Å². The molecule has 2 aliphatic carbocycles. The molecule has 415 valence electrons. The minimum atomic E-state index is -1.24. The predicted molar refractivity (Wildman–Crippen MR) is 291 cm³/mol. The minimum absolute atomic E-state index is 0. The van der Waals surface area contributed by atoms with E-state index in [0.29, 0.717) is 57.5 Å². The first-order valence-electron chi connectivity index (χ1n) is 25.3. The van der Waals surface area contributed by atoms with Crippen LogP contribution in [0, 0.1) is 35.3 Å². The van der Waals surface area contributed by atoms with Crippen LogP contribution in [0.4, 0.5) is 20.2 Å². The van der Waals surface area contributed by atoms with Crippen LogP contribution in [0.5, 0.6) is 0 Å². The summed E-state index contributed by atoms with van der Waals surface area (Å²) in [7, 11) is 4.32. The number of Topliss-reactive ketones (excluding diaryl/α,β-unsaturated/α-hetero) is 2. The SMILES string of the molecule is CC(=O)OOC(C)=O.CC(C)C=O.CC(C)CN1[C@H]2CCCC(=O)[C@H]2[C@H](c2cccc(Cl)c2F)[C@]12C(=O)Nc1cc(Cl)ccc12.O=C1CCC[C@@H]2N[C@@]3(C(=O)Nc4cc(Cl)ccc43)[C@@H](c3cccc(Cl)c3F)[C@H]12.[B-]OC(C)=O.[Na+]. The van der Waals surface area contributed by atoms with Gasteiger partial charge in [-0.2, -0.15) is 0 Å². The van der Waals surface area contributed by atoms with Gasteiger partial charge in [0.2, 0.25) is 17.8 Å². The van der Waals surface area contributed by atoms with E-state index >= 15 is 8.78 Å². The average molecular weight is 1180 g/mol. The fraction of sp³-hybridized carbons (Fsp3) is 0.429. The Balaban J connectivity index is 0.000000221. The first-order chi connectivity index (χ1) is 36.9. The number of benzene rings is 4. The molecule has 0 aromatic heterocycles. The van der Waals surface area contributed by atoms with Gasteiger partial charge >= 0.3 is 41.5 Å². The Labute approximate surface area is 500 Å². The maximum atomic E-state index is 15.5. The number of halogens is 6. The molecule has 0 unspecified atom stereocenters. The van der Waals surface area contributed by atoms with Crippen LogP contribution in [-0.2, 0) is 63.9 Å². The Bertz CT molecular complexity index is 2980. The van der Waals surface area contributed by atoms with Crippen LogP contribution in [0.25, 0.3) is 0 Å². The maximum Gasteiger partial charge on any atom is 1.00 e. The monoisotopic (exact) mass is 1180 g/mol. The molecule has 3 N–H and O–H groups in total. The van der Waals surface area contributed by atoms with Gasteiger partial charge in [0.05, 0.1) is 10.0 Å². The van der Waals surface area contributed by atoms with E-state index in [4.69, 9.17) is 46.4 Å². The van der Waals surface area contributed by atoms with Crippen molar-refractivity contribution in [2.75, 3.05) is 17.2 Å². The van der Waals surface area contributed by atoms with Crippen LogP contribution in [0.1, 0.15) is 121 Å². The summed E-state index contributed by atoms with van der Waals surface area (Å²) < 4.78 is 34.2. The van der Waals surface area contributed by atoms with E-state index in [2.05, 4.69) is 57.2 Å². The molecule has 4 aliphatic heterocycles. The maximum absolute atomic E-state index is 15.5. The molecule has 10 rings (SSSR count). The first-order valence-corrected chi connectivity index (χ1v) is 26.8. The van der Waals surface area contributed by atoms with Crippen molar-refractivity contribution in [1.29, 1.82) is 0 Å². The number of fused-ring (bicyclic) bond motifs is 6. The summed E-state index contributed by atoms with van der Waals surface area (Å²) in [5.41, 5.74) is 0.824. The molecule has 2 amide bonds. The Kier molecular flexibility index (Phi) is 22.9. The van der Waals surface area contributed by atoms with Crippen molar-refractivity contribution in [3.05, 3.63) is 127 Å². The zero-order valence-corrected chi connectivity index (χ0v) is 49.9. The van der Waals surface area contributed by atoms with Crippen molar-refractivity contribution < 1.29 is 91.1 Å². The second-order valence-electron chi connectivity index (χ2n) is 20.4. The van der Waals surface area contributed by atoms with Gasteiger partial charge in [0.25, 0.3) is 0 Å². The molecular weight excluding hydrogens is 1120 g/mol. The van der Waals surface area contributed by atoms with Gasteiger partial charge in [0.15, 0.2) is 0 Å². The van der Waals surface area contributed by atoms with Crippen LogP contribution >= 0.6 is 46.4 Å². The second-order valence-corrected chi connectivity index (χ2v) is 22.1. The number of hydrogen-bond acceptors (Lipinski definition) is 13. The third-order valence-corrected chi connectivity index (χ3v) is 15.3. The van der Waals surface area contributed by atoms with Crippen LogP contribution in [0.2, 0.25) is 20.1 Å². The number of amides is 2. The van der Waals surface area contributed by atoms with Gasteiger partial charge in [-0.15, -0.1) is 0 Å². The number of nitrogens with zero attached hydrogens (tertiary/aromatic N) is 1. The topological polar surface area (TPSA) is 204 Å². The molecule has 23 heteroatoms. The molecule has 2 spiro atoms. The van der Waals surface area contributed by atoms with Gasteiger partial charge in [-0.05, 0) is 79.1 Å². The summed E-state index contributed by atoms with van der Waals surface area (Å²) in [6.45, 7) is 12.0. The van der Waals surface area contributed by atoms with Crippen LogP contribution in [-0.4, -0.2) is 79.2 Å². The first kappa shape index (κ1) is 65.1. The summed E-state index contributed by atoms with van der Waals surface area (Å²) in [6, 6.07) is 19.8. The molecule has 2 saturated heterocycles. The van der Waals surface area contributed by atoms with Crippen molar-refractivity contribution in [3.63, 3.8) is 0 Å². The van der Waals surface area contributed by atoms with Gasteiger partial charge in [-0.1, -0.05) is 110 Å². The standard InChI is InChI=1S/C25H25Cl2FN2O2.C21H17Cl2FN2O2.C4H6O4.C4H8O.C2H3BO2.Na/c1-13(2)12-30-19-7-4-8-20(31)21(19)22(15-5-3-6-17(27)23(15)28)25(30)16-10-9-14(26)11-18(16)29-24(25)32;22-10-7-8-12-15(9-10)25-20(28)21(12)18(11-3-1-4-13(23)19(11)24)17-14(26-21)5-2-6-16(17)27;1-3(5)7-8-4(2)6;1-4(2)3-5;1-2(4)5-3;/h3,5-6,9-11,13,19,21-22H,4,7-8,12H2,1-2H3,(H,29,32);1,3-4,7-9,14,17-18,26H,2,5-6H2,(H,25,28);1-2H3;3-4H,1-2H3;1H3;/q;;;;-1;+1/t19-,21-,22-,25+;14-,17-,18-,21+;;;;/m00..../s1. The van der Waals surface area contributed by atoms with E-state index < -0.39 is 64.3 Å². The molecule has 4 aromatic rings. The minimum Gasteiger partial charge on any atom is -0.793 e. The molecule has 6 aliphatic rings. The van der Waals surface area contributed by atoms with Crippen LogP contribution < -0.4 is 45.5 Å². The predicted octanol–water partition coefficient (Wildman–Crippen LogP) is 7.68. The third-order valence-electron chi connectivity index (χ3n) is 14.3. The van der Waals surface area contributed by atoms with Crippen LogP contribution in [0.3, 0.4) is 0 Å². The number of aldehydes is 1. The molecule has 2 saturated carbocycles.